The van der Waals surface area contributed by atoms with E-state index in [0.717, 1.165) is 128 Å². The van der Waals surface area contributed by atoms with Crippen LogP contribution in [-0.2, 0) is 32.7 Å². The minimum atomic E-state index is -4.40. The number of quaternary nitrogens is 1. The summed E-state index contributed by atoms with van der Waals surface area (Å²) in [5, 5.41) is 0. The minimum absolute atomic E-state index is 0.0279. The third-order valence-electron chi connectivity index (χ3n) is 18.2. The second-order valence-electron chi connectivity index (χ2n) is 29.5. The summed E-state index contributed by atoms with van der Waals surface area (Å²) in [5.41, 5.74) is 0. The van der Waals surface area contributed by atoms with E-state index in [-0.39, 0.29) is 32.0 Å². The van der Waals surface area contributed by atoms with Crippen LogP contribution >= 0.6 is 7.82 Å². The van der Waals surface area contributed by atoms with E-state index in [4.69, 9.17) is 18.5 Å². The van der Waals surface area contributed by atoms with E-state index in [1.807, 2.05) is 21.1 Å². The number of likely N-dealkylation sites (N-methyl/N-ethyl adjacent to an activating group) is 1. The van der Waals surface area contributed by atoms with Gasteiger partial charge < -0.3 is 18.9 Å². The fourth-order valence-corrected chi connectivity index (χ4v) is 12.5. The van der Waals surface area contributed by atoms with Crippen molar-refractivity contribution < 1.29 is 42.1 Å². The first kappa shape index (κ1) is 99.4. The molecule has 0 aliphatic heterocycles. The van der Waals surface area contributed by atoms with E-state index in [1.165, 1.54) is 199 Å². The van der Waals surface area contributed by atoms with Crippen molar-refractivity contribution in [3.63, 3.8) is 0 Å². The van der Waals surface area contributed by atoms with Gasteiger partial charge in [-0.2, -0.15) is 0 Å². The standard InChI is InChI=1S/C94H160NO8P/c1-6-8-10-12-14-16-18-20-22-24-26-28-30-32-34-36-38-40-42-44-46-47-49-51-53-55-57-59-61-63-65-67-69-71-73-75-77-79-81-83-85-87-94(97)103-92(91-102-104(98,99)101-89-88-95(3,4)5)90-100-93(96)86-84-82-80-78-76-74-72-70-68-66-64-62-60-58-56-54-52-50-48-45-43-41-39-37-35-33-31-29-27-25-23-21-19-17-15-13-11-9-7-2/h8-11,14-17,20-23,26-29,32-35,38-41,44,46,49,51,92H,6-7,12-13,18-19,24-25,30-31,36-37,42-43,45,47-48,50,52-91H2,1-5H3/p+1/b10-8-,11-9-,16-14-,17-15-,22-20-,23-21-,28-26-,29-27-,34-32-,35-33-,40-38-,41-39-,46-44-,51-49-. The summed E-state index contributed by atoms with van der Waals surface area (Å²) in [7, 11) is 1.48. The molecule has 0 saturated heterocycles. The predicted molar refractivity (Wildman–Crippen MR) is 454 cm³/mol. The summed E-state index contributed by atoms with van der Waals surface area (Å²) < 4.78 is 34.9. The van der Waals surface area contributed by atoms with Gasteiger partial charge in [0.1, 0.15) is 19.8 Å². The van der Waals surface area contributed by atoms with Crippen molar-refractivity contribution in [2.45, 2.75) is 367 Å². The fraction of sp³-hybridized carbons (Fsp3) is 0.681. The zero-order valence-electron chi connectivity index (χ0n) is 68.0. The van der Waals surface area contributed by atoms with Gasteiger partial charge in [-0.1, -0.05) is 389 Å². The highest BCUT2D eigenvalue weighted by Gasteiger charge is 2.27. The van der Waals surface area contributed by atoms with Crippen LogP contribution in [0.5, 0.6) is 0 Å². The number of phosphoric acid groups is 1. The molecule has 2 unspecified atom stereocenters. The van der Waals surface area contributed by atoms with Crippen LogP contribution in [0.15, 0.2) is 170 Å². The molecule has 0 aliphatic rings. The smallest absolute Gasteiger partial charge is 0.462 e. The van der Waals surface area contributed by atoms with Gasteiger partial charge in [-0.15, -0.1) is 0 Å². The average molecular weight is 1460 g/mol. The highest BCUT2D eigenvalue weighted by atomic mass is 31.2. The molecule has 2 atom stereocenters. The summed E-state index contributed by atoms with van der Waals surface area (Å²) in [5.74, 6) is -0.788. The van der Waals surface area contributed by atoms with Gasteiger partial charge in [-0.05, 0) is 128 Å². The lowest BCUT2D eigenvalue weighted by atomic mass is 10.0. The Morgan fingerprint density at radius 2 is 0.519 bits per heavy atom. The molecule has 0 bridgehead atoms. The number of hydrogen-bond acceptors (Lipinski definition) is 7. The van der Waals surface area contributed by atoms with Crippen LogP contribution in [-0.4, -0.2) is 74.9 Å². The number of ether oxygens (including phenoxy) is 2. The SMILES string of the molecule is CC/C=C\C/C=C\C/C=C\C/C=C\C/C=C\C/C=C\C/C=C\C/C=C\CCCCCCCCCCCCCCCCCCC(=O)OC(COC(=O)CCCCCCCCCCCCCCCCCCCCCC/C=C\C/C=C\C/C=C\C/C=C\C/C=C\C/C=C\CC)COP(=O)(O)OCC[N+](C)(C)C. The molecule has 0 amide bonds. The Morgan fingerprint density at radius 3 is 0.769 bits per heavy atom. The van der Waals surface area contributed by atoms with E-state index in [2.05, 4.69) is 184 Å². The maximum atomic E-state index is 12.9. The lowest BCUT2D eigenvalue weighted by molar-refractivity contribution is -0.870. The van der Waals surface area contributed by atoms with Gasteiger partial charge in [0.05, 0.1) is 27.7 Å². The van der Waals surface area contributed by atoms with Crippen LogP contribution in [0.2, 0.25) is 0 Å². The van der Waals surface area contributed by atoms with Crippen LogP contribution in [0, 0.1) is 0 Å². The number of unbranched alkanes of at least 4 members (excludes halogenated alkanes) is 36. The van der Waals surface area contributed by atoms with Crippen molar-refractivity contribution in [2.75, 3.05) is 47.5 Å². The van der Waals surface area contributed by atoms with E-state index in [0.29, 0.717) is 17.4 Å². The number of carbonyl (C=O) groups is 2. The molecule has 0 saturated carbocycles. The molecule has 0 aliphatic carbocycles. The topological polar surface area (TPSA) is 108 Å². The molecule has 0 aromatic heterocycles. The van der Waals surface area contributed by atoms with Crippen molar-refractivity contribution >= 4 is 19.8 Å². The van der Waals surface area contributed by atoms with Crippen LogP contribution in [0.3, 0.4) is 0 Å². The maximum absolute atomic E-state index is 12.9. The summed E-state index contributed by atoms with van der Waals surface area (Å²) in [6.45, 7) is 4.23. The maximum Gasteiger partial charge on any atom is 0.472 e. The van der Waals surface area contributed by atoms with Gasteiger partial charge in [0.15, 0.2) is 6.10 Å². The Hall–Kier alpha value is -4.63. The quantitative estimate of drug-likeness (QED) is 0.0211. The molecule has 0 radical (unpaired) electrons. The Balaban J connectivity index is 3.95. The first-order valence-corrected chi connectivity index (χ1v) is 44.4. The van der Waals surface area contributed by atoms with E-state index < -0.39 is 26.5 Å². The third kappa shape index (κ3) is 86.3. The van der Waals surface area contributed by atoms with Gasteiger partial charge in [-0.3, -0.25) is 18.6 Å². The van der Waals surface area contributed by atoms with Gasteiger partial charge in [0.2, 0.25) is 0 Å². The van der Waals surface area contributed by atoms with Crippen LogP contribution in [0.25, 0.3) is 0 Å². The number of carbonyl (C=O) groups excluding carboxylic acids is 2. The van der Waals surface area contributed by atoms with Crippen molar-refractivity contribution in [2.24, 2.45) is 0 Å². The molecule has 0 heterocycles. The minimum Gasteiger partial charge on any atom is -0.462 e. The number of allylic oxidation sites excluding steroid dienone is 28. The summed E-state index contributed by atoms with van der Waals surface area (Å²) in [6, 6.07) is 0. The Kier molecular flexibility index (Phi) is 78.8. The number of hydrogen-bond donors (Lipinski definition) is 1. The zero-order valence-corrected chi connectivity index (χ0v) is 68.8. The molecule has 0 aromatic rings. The highest BCUT2D eigenvalue weighted by molar-refractivity contribution is 7.47. The van der Waals surface area contributed by atoms with Crippen LogP contribution in [0.1, 0.15) is 361 Å². The van der Waals surface area contributed by atoms with Crippen molar-refractivity contribution in [1.82, 2.24) is 0 Å². The Morgan fingerprint density at radius 1 is 0.298 bits per heavy atom. The molecular weight excluding hydrogens is 1300 g/mol. The number of nitrogens with zero attached hydrogens (tertiary/aromatic N) is 1. The molecular formula is C94H161NO8P+. The van der Waals surface area contributed by atoms with Gasteiger partial charge in [0.25, 0.3) is 0 Å². The van der Waals surface area contributed by atoms with Gasteiger partial charge >= 0.3 is 19.8 Å². The first-order chi connectivity index (χ1) is 51.0. The molecule has 0 spiro atoms. The van der Waals surface area contributed by atoms with E-state index in [1.54, 1.807) is 0 Å². The van der Waals surface area contributed by atoms with Crippen molar-refractivity contribution in [3.05, 3.63) is 170 Å². The van der Waals surface area contributed by atoms with Crippen LogP contribution < -0.4 is 0 Å². The lowest BCUT2D eigenvalue weighted by Crippen LogP contribution is -2.37. The van der Waals surface area contributed by atoms with Crippen molar-refractivity contribution in [3.8, 4) is 0 Å². The van der Waals surface area contributed by atoms with Crippen LogP contribution in [0.4, 0.5) is 0 Å². The Labute approximate surface area is 642 Å². The predicted octanol–water partition coefficient (Wildman–Crippen LogP) is 29.2. The van der Waals surface area contributed by atoms with Crippen molar-refractivity contribution in [1.29, 1.82) is 0 Å². The molecule has 0 aromatic carbocycles. The van der Waals surface area contributed by atoms with E-state index in [9.17, 15) is 19.0 Å². The van der Waals surface area contributed by atoms with Gasteiger partial charge in [0, 0.05) is 12.8 Å². The zero-order chi connectivity index (χ0) is 75.4. The van der Waals surface area contributed by atoms with E-state index >= 15 is 0 Å². The lowest BCUT2D eigenvalue weighted by Gasteiger charge is -2.24. The number of rotatable bonds is 78. The molecule has 9 nitrogen and oxygen atoms in total. The molecule has 0 fully saturated rings. The Bertz CT molecular complexity index is 2370. The fourth-order valence-electron chi connectivity index (χ4n) is 11.8. The molecule has 1 N–H and O–H groups in total. The second-order valence-corrected chi connectivity index (χ2v) is 30.9. The normalized spacial score (nSPS) is 13.9. The molecule has 10 heteroatoms. The number of phosphoric ester groups is 1. The summed E-state index contributed by atoms with van der Waals surface area (Å²) in [4.78, 5) is 36.1. The largest absolute Gasteiger partial charge is 0.472 e. The molecule has 0 rings (SSSR count). The monoisotopic (exact) mass is 1460 g/mol. The highest BCUT2D eigenvalue weighted by Crippen LogP contribution is 2.43. The average Bonchev–Trinajstić information content (AvgIpc) is 0.920. The summed E-state index contributed by atoms with van der Waals surface area (Å²) >= 11 is 0. The second kappa shape index (κ2) is 82.4. The molecule has 594 valence electrons. The molecule has 104 heavy (non-hydrogen) atoms. The van der Waals surface area contributed by atoms with Gasteiger partial charge in [-0.25, -0.2) is 4.57 Å². The number of esters is 2. The summed E-state index contributed by atoms with van der Waals surface area (Å²) in [6.07, 6.45) is 125. The third-order valence-corrected chi connectivity index (χ3v) is 19.2. The first-order valence-electron chi connectivity index (χ1n) is 42.9.